The van der Waals surface area contributed by atoms with E-state index in [1.54, 1.807) is 0 Å². The highest BCUT2D eigenvalue weighted by Crippen LogP contribution is 2.24. The second-order valence-corrected chi connectivity index (χ2v) is 6.34. The van der Waals surface area contributed by atoms with Crippen LogP contribution in [0.5, 0.6) is 0 Å². The second-order valence-electron chi connectivity index (χ2n) is 6.34. The van der Waals surface area contributed by atoms with Crippen LogP contribution >= 0.6 is 0 Å². The molecule has 1 N–H and O–H groups in total. The highest BCUT2D eigenvalue weighted by molar-refractivity contribution is 5.49. The number of nitrogens with one attached hydrogen (secondary N) is 1. The fourth-order valence-electron chi connectivity index (χ4n) is 3.45. The number of aromatic nitrogens is 1. The lowest BCUT2D eigenvalue weighted by Gasteiger charge is -2.18. The SMILES string of the molecule is c1cc(N2CCCC2)ncc1NCC1CCCCCC1. The number of nitrogens with zero attached hydrogens (tertiary/aromatic N) is 2. The highest BCUT2D eigenvalue weighted by atomic mass is 15.2. The molecule has 1 aliphatic carbocycles. The van der Waals surface area contributed by atoms with Crippen LogP contribution in [0.25, 0.3) is 0 Å². The van der Waals surface area contributed by atoms with Crippen molar-refractivity contribution in [2.45, 2.75) is 51.4 Å². The molecule has 1 saturated carbocycles. The van der Waals surface area contributed by atoms with E-state index in [0.717, 1.165) is 18.3 Å². The molecule has 0 bridgehead atoms. The van der Waals surface area contributed by atoms with Crippen LogP contribution in [0.3, 0.4) is 0 Å². The first-order valence-corrected chi connectivity index (χ1v) is 8.37. The third kappa shape index (κ3) is 3.65. The monoisotopic (exact) mass is 273 g/mol. The molecule has 0 amide bonds. The molecular weight excluding hydrogens is 246 g/mol. The summed E-state index contributed by atoms with van der Waals surface area (Å²) in [4.78, 5) is 6.99. The van der Waals surface area contributed by atoms with Crippen molar-refractivity contribution in [2.24, 2.45) is 5.92 Å². The molecule has 3 nitrogen and oxygen atoms in total. The van der Waals surface area contributed by atoms with Crippen molar-refractivity contribution < 1.29 is 0 Å². The molecular formula is C17H27N3. The molecule has 3 rings (SSSR count). The van der Waals surface area contributed by atoms with Crippen LogP contribution in [-0.4, -0.2) is 24.6 Å². The number of pyridine rings is 1. The fraction of sp³-hybridized carbons (Fsp3) is 0.706. The van der Waals surface area contributed by atoms with E-state index in [-0.39, 0.29) is 0 Å². The number of anilines is 2. The molecule has 0 atom stereocenters. The summed E-state index contributed by atoms with van der Waals surface area (Å²) < 4.78 is 0. The van der Waals surface area contributed by atoms with E-state index in [4.69, 9.17) is 0 Å². The Kier molecular flexibility index (Phi) is 4.77. The molecule has 1 aromatic rings. The van der Waals surface area contributed by atoms with Crippen LogP contribution in [0.1, 0.15) is 51.4 Å². The van der Waals surface area contributed by atoms with Gasteiger partial charge in [-0.05, 0) is 43.7 Å². The van der Waals surface area contributed by atoms with Gasteiger partial charge in [0, 0.05) is 19.6 Å². The van der Waals surface area contributed by atoms with Gasteiger partial charge in [0.1, 0.15) is 5.82 Å². The summed E-state index contributed by atoms with van der Waals surface area (Å²) >= 11 is 0. The van der Waals surface area contributed by atoms with Gasteiger partial charge in [-0.1, -0.05) is 25.7 Å². The molecule has 0 unspecified atom stereocenters. The Bertz CT molecular complexity index is 387. The molecule has 1 aromatic heterocycles. The molecule has 3 heteroatoms. The third-order valence-electron chi connectivity index (χ3n) is 4.75. The summed E-state index contributed by atoms with van der Waals surface area (Å²) in [5, 5.41) is 3.58. The molecule has 1 aliphatic heterocycles. The van der Waals surface area contributed by atoms with Crippen molar-refractivity contribution in [3.8, 4) is 0 Å². The van der Waals surface area contributed by atoms with Crippen LogP contribution < -0.4 is 10.2 Å². The lowest BCUT2D eigenvalue weighted by molar-refractivity contribution is 0.483. The predicted molar refractivity (Wildman–Crippen MR) is 85.4 cm³/mol. The molecule has 110 valence electrons. The minimum Gasteiger partial charge on any atom is -0.384 e. The van der Waals surface area contributed by atoms with Gasteiger partial charge in [0.2, 0.25) is 0 Å². The smallest absolute Gasteiger partial charge is 0.128 e. The van der Waals surface area contributed by atoms with Gasteiger partial charge in [0.15, 0.2) is 0 Å². The molecule has 0 spiro atoms. The van der Waals surface area contributed by atoms with Gasteiger partial charge < -0.3 is 10.2 Å². The maximum Gasteiger partial charge on any atom is 0.128 e. The zero-order chi connectivity index (χ0) is 13.6. The molecule has 0 radical (unpaired) electrons. The largest absolute Gasteiger partial charge is 0.384 e. The maximum atomic E-state index is 4.61. The lowest BCUT2D eigenvalue weighted by Crippen LogP contribution is -2.19. The van der Waals surface area contributed by atoms with Gasteiger partial charge in [-0.2, -0.15) is 0 Å². The summed E-state index contributed by atoms with van der Waals surface area (Å²) in [5.74, 6) is 2.00. The number of hydrogen-bond donors (Lipinski definition) is 1. The van der Waals surface area contributed by atoms with Crippen LogP contribution in [0.4, 0.5) is 11.5 Å². The van der Waals surface area contributed by atoms with Crippen LogP contribution in [0.15, 0.2) is 18.3 Å². The molecule has 20 heavy (non-hydrogen) atoms. The average Bonchev–Trinajstić information content (AvgIpc) is 2.90. The van der Waals surface area contributed by atoms with Gasteiger partial charge in [-0.3, -0.25) is 0 Å². The summed E-state index contributed by atoms with van der Waals surface area (Å²) in [6.45, 7) is 3.45. The van der Waals surface area contributed by atoms with Crippen molar-refractivity contribution in [1.82, 2.24) is 4.98 Å². The third-order valence-corrected chi connectivity index (χ3v) is 4.75. The predicted octanol–water partition coefficient (Wildman–Crippen LogP) is 4.06. The second kappa shape index (κ2) is 6.96. The summed E-state index contributed by atoms with van der Waals surface area (Å²) in [6, 6.07) is 4.36. The van der Waals surface area contributed by atoms with Gasteiger partial charge in [-0.25, -0.2) is 4.98 Å². The maximum absolute atomic E-state index is 4.61. The van der Waals surface area contributed by atoms with Crippen LogP contribution in [-0.2, 0) is 0 Å². The van der Waals surface area contributed by atoms with Gasteiger partial charge in [-0.15, -0.1) is 0 Å². The molecule has 0 aromatic carbocycles. The van der Waals surface area contributed by atoms with Crippen molar-refractivity contribution >= 4 is 11.5 Å². The first-order chi connectivity index (χ1) is 9.92. The standard InChI is InChI=1S/C17H27N3/c1-2-4-8-15(7-3-1)13-18-16-9-10-17(19-14-16)20-11-5-6-12-20/h9-10,14-15,18H,1-8,11-13H2. The van der Waals surface area contributed by atoms with E-state index in [0.29, 0.717) is 0 Å². The van der Waals surface area contributed by atoms with Crippen molar-refractivity contribution in [3.63, 3.8) is 0 Å². The van der Waals surface area contributed by atoms with E-state index < -0.39 is 0 Å². The quantitative estimate of drug-likeness (QED) is 0.838. The number of hydrogen-bond acceptors (Lipinski definition) is 3. The average molecular weight is 273 g/mol. The lowest BCUT2D eigenvalue weighted by atomic mass is 10.0. The van der Waals surface area contributed by atoms with E-state index in [1.807, 2.05) is 6.20 Å². The minimum absolute atomic E-state index is 0.857. The Morgan fingerprint density at radius 3 is 2.40 bits per heavy atom. The topological polar surface area (TPSA) is 28.2 Å². The number of rotatable bonds is 4. The summed E-state index contributed by atoms with van der Waals surface area (Å²) in [6.07, 6.45) is 13.1. The Labute approximate surface area is 122 Å². The van der Waals surface area contributed by atoms with Gasteiger partial charge >= 0.3 is 0 Å². The molecule has 1 saturated heterocycles. The Hall–Kier alpha value is -1.25. The first kappa shape index (κ1) is 13.7. The minimum atomic E-state index is 0.857. The van der Waals surface area contributed by atoms with Crippen molar-refractivity contribution in [3.05, 3.63) is 18.3 Å². The highest BCUT2D eigenvalue weighted by Gasteiger charge is 2.14. The van der Waals surface area contributed by atoms with E-state index >= 15 is 0 Å². The summed E-state index contributed by atoms with van der Waals surface area (Å²) in [5.41, 5.74) is 1.18. The molecule has 2 heterocycles. The molecule has 2 aliphatic rings. The molecule has 2 fully saturated rings. The zero-order valence-corrected chi connectivity index (χ0v) is 12.5. The fourth-order valence-corrected chi connectivity index (χ4v) is 3.45. The van der Waals surface area contributed by atoms with Crippen molar-refractivity contribution in [2.75, 3.05) is 29.9 Å². The van der Waals surface area contributed by atoms with Crippen molar-refractivity contribution in [1.29, 1.82) is 0 Å². The van der Waals surface area contributed by atoms with E-state index in [2.05, 4.69) is 27.3 Å². The Morgan fingerprint density at radius 1 is 1.00 bits per heavy atom. The van der Waals surface area contributed by atoms with Crippen LogP contribution in [0, 0.1) is 5.92 Å². The van der Waals surface area contributed by atoms with Gasteiger partial charge in [0.25, 0.3) is 0 Å². The van der Waals surface area contributed by atoms with Gasteiger partial charge in [0.05, 0.1) is 11.9 Å². The first-order valence-electron chi connectivity index (χ1n) is 8.37. The summed E-state index contributed by atoms with van der Waals surface area (Å²) in [7, 11) is 0. The van der Waals surface area contributed by atoms with E-state index in [1.165, 1.54) is 70.1 Å². The Balaban J connectivity index is 1.49. The zero-order valence-electron chi connectivity index (χ0n) is 12.5. The van der Waals surface area contributed by atoms with Crippen LogP contribution in [0.2, 0.25) is 0 Å². The van der Waals surface area contributed by atoms with E-state index in [9.17, 15) is 0 Å². The normalized spacial score (nSPS) is 20.9. The Morgan fingerprint density at radius 2 is 1.75 bits per heavy atom.